The Hall–Kier alpha value is -4.85. The van der Waals surface area contributed by atoms with E-state index in [0.29, 0.717) is 22.1 Å². The van der Waals surface area contributed by atoms with Crippen molar-refractivity contribution in [3.05, 3.63) is 162 Å². The van der Waals surface area contributed by atoms with Crippen molar-refractivity contribution in [2.45, 2.75) is 16.7 Å². The minimum atomic E-state index is -4.29. The number of nitrogens with one attached hydrogen (secondary N) is 1. The SMILES string of the molecule is Cc1cc(C(=C2C=CC(=Nc3ccc4cc(S(=O)(=O)O)ccc4c3)C=C2)c2ccc(Nc3ccc4cc(S(=O)(=O)O)ccc4c3)cc2)ccc1N.[Na]. The van der Waals surface area contributed by atoms with Gasteiger partial charge in [-0.15, -0.1) is 0 Å². The molecule has 0 saturated heterocycles. The van der Waals surface area contributed by atoms with Crippen molar-refractivity contribution in [2.24, 2.45) is 4.99 Å². The van der Waals surface area contributed by atoms with Gasteiger partial charge in [0.1, 0.15) is 0 Å². The van der Waals surface area contributed by atoms with E-state index in [-0.39, 0.29) is 39.3 Å². The molecule has 9 nitrogen and oxygen atoms in total. The number of nitrogens with two attached hydrogens (primary N) is 1. The summed E-state index contributed by atoms with van der Waals surface area (Å²) < 4.78 is 64.9. The van der Waals surface area contributed by atoms with Gasteiger partial charge >= 0.3 is 0 Å². The third-order valence-corrected chi connectivity index (χ3v) is 10.3. The van der Waals surface area contributed by atoms with Crippen molar-refractivity contribution < 1.29 is 25.9 Å². The quantitative estimate of drug-likeness (QED) is 0.0722. The molecule has 0 fully saturated rings. The molecule has 0 saturated carbocycles. The molecule has 0 unspecified atom stereocenters. The van der Waals surface area contributed by atoms with Gasteiger partial charge in [0.15, 0.2) is 0 Å². The van der Waals surface area contributed by atoms with Crippen molar-refractivity contribution in [1.29, 1.82) is 0 Å². The van der Waals surface area contributed by atoms with Crippen LogP contribution in [0.15, 0.2) is 160 Å². The molecule has 7 rings (SSSR count). The van der Waals surface area contributed by atoms with Crippen LogP contribution in [0.4, 0.5) is 22.7 Å². The smallest absolute Gasteiger partial charge is 0.294 e. The number of nitrogen functional groups attached to an aromatic ring is 1. The minimum Gasteiger partial charge on any atom is -0.399 e. The number of hydrogen-bond acceptors (Lipinski definition) is 7. The van der Waals surface area contributed by atoms with E-state index in [0.717, 1.165) is 55.7 Å². The summed E-state index contributed by atoms with van der Waals surface area (Å²) in [6.07, 6.45) is 7.93. The number of anilines is 3. The molecule has 0 amide bonds. The Morgan fingerprint density at radius 3 is 1.71 bits per heavy atom. The first-order valence-corrected chi connectivity index (χ1v) is 18.6. The molecule has 0 aliphatic heterocycles. The van der Waals surface area contributed by atoms with Crippen LogP contribution in [0.3, 0.4) is 0 Å². The maximum atomic E-state index is 11.5. The zero-order valence-electron chi connectivity index (χ0n) is 28.1. The summed E-state index contributed by atoms with van der Waals surface area (Å²) in [6.45, 7) is 1.98. The Morgan fingerprint density at radius 1 is 0.596 bits per heavy atom. The Balaban J connectivity index is 0.00000464. The Kier molecular flexibility index (Phi) is 10.4. The van der Waals surface area contributed by atoms with E-state index in [1.165, 1.54) is 24.3 Å². The van der Waals surface area contributed by atoms with Crippen molar-refractivity contribution in [1.82, 2.24) is 0 Å². The molecule has 52 heavy (non-hydrogen) atoms. The number of fused-ring (bicyclic) bond motifs is 2. The minimum absolute atomic E-state index is 0. The van der Waals surface area contributed by atoms with Crippen LogP contribution >= 0.6 is 0 Å². The summed E-state index contributed by atoms with van der Waals surface area (Å²) in [5.74, 6) is 0. The third-order valence-electron chi connectivity index (χ3n) is 8.64. The molecule has 1 aliphatic rings. The van der Waals surface area contributed by atoms with E-state index in [2.05, 4.69) is 11.4 Å². The van der Waals surface area contributed by atoms with Gasteiger partial charge in [-0.05, 0) is 141 Å². The number of rotatable bonds is 7. The molecule has 1 aliphatic carbocycles. The zero-order chi connectivity index (χ0) is 35.9. The van der Waals surface area contributed by atoms with Gasteiger partial charge in [0, 0.05) is 46.6 Å². The molecule has 5 N–H and O–H groups in total. The Morgan fingerprint density at radius 2 is 1.12 bits per heavy atom. The number of aliphatic imine (C=N–C) groups is 1. The van der Waals surface area contributed by atoms with Gasteiger partial charge in [0.2, 0.25) is 0 Å². The molecular weight excluding hydrogens is 706 g/mol. The number of aryl methyl sites for hydroxylation is 1. The number of benzene rings is 6. The second-order valence-electron chi connectivity index (χ2n) is 12.2. The summed E-state index contributed by atoms with van der Waals surface area (Å²) in [4.78, 5) is 4.47. The van der Waals surface area contributed by atoms with Gasteiger partial charge < -0.3 is 11.1 Å². The molecule has 0 atom stereocenters. The predicted octanol–water partition coefficient (Wildman–Crippen LogP) is 8.44. The Labute approximate surface area is 323 Å². The van der Waals surface area contributed by atoms with Crippen LogP contribution in [0.1, 0.15) is 16.7 Å². The van der Waals surface area contributed by atoms with Crippen LogP contribution in [0.2, 0.25) is 0 Å². The van der Waals surface area contributed by atoms with Crippen molar-refractivity contribution in [3.63, 3.8) is 0 Å². The van der Waals surface area contributed by atoms with Gasteiger partial charge in [0.25, 0.3) is 20.2 Å². The molecule has 0 heterocycles. The van der Waals surface area contributed by atoms with Crippen LogP contribution in [0.5, 0.6) is 0 Å². The van der Waals surface area contributed by atoms with E-state index in [9.17, 15) is 25.9 Å². The molecule has 0 spiro atoms. The van der Waals surface area contributed by atoms with Gasteiger partial charge in [0.05, 0.1) is 21.2 Å². The van der Waals surface area contributed by atoms with E-state index in [4.69, 9.17) is 10.7 Å². The summed E-state index contributed by atoms with van der Waals surface area (Å²) in [5, 5.41) is 6.39. The fourth-order valence-electron chi connectivity index (χ4n) is 5.97. The predicted molar refractivity (Wildman–Crippen MR) is 210 cm³/mol. The van der Waals surface area contributed by atoms with Crippen LogP contribution < -0.4 is 11.1 Å². The summed E-state index contributed by atoms with van der Waals surface area (Å²) in [6, 6.07) is 34.0. The van der Waals surface area contributed by atoms with Gasteiger partial charge in [-0.25, -0.2) is 4.99 Å². The van der Waals surface area contributed by atoms with Crippen LogP contribution in [0.25, 0.3) is 27.1 Å². The third kappa shape index (κ3) is 8.11. The van der Waals surface area contributed by atoms with Crippen LogP contribution in [0, 0.1) is 6.92 Å². The zero-order valence-corrected chi connectivity index (χ0v) is 31.8. The average Bonchev–Trinajstić information content (AvgIpc) is 3.10. The first-order chi connectivity index (χ1) is 24.3. The fourth-order valence-corrected chi connectivity index (χ4v) is 7.00. The number of allylic oxidation sites excluding steroid dienone is 5. The average molecular weight is 737 g/mol. The first kappa shape index (κ1) is 36.9. The van der Waals surface area contributed by atoms with E-state index in [1.807, 2.05) is 85.8 Å². The second-order valence-corrected chi connectivity index (χ2v) is 15.0. The van der Waals surface area contributed by atoms with Crippen molar-refractivity contribution in [3.8, 4) is 0 Å². The molecule has 6 aromatic carbocycles. The van der Waals surface area contributed by atoms with Gasteiger partial charge in [-0.3, -0.25) is 9.11 Å². The van der Waals surface area contributed by atoms with Crippen molar-refractivity contribution in [2.75, 3.05) is 11.1 Å². The van der Waals surface area contributed by atoms with Gasteiger partial charge in [-0.2, -0.15) is 16.8 Å². The van der Waals surface area contributed by atoms with Gasteiger partial charge in [-0.1, -0.05) is 54.6 Å². The fraction of sp³-hybridized carbons (Fsp3) is 0.0250. The summed E-state index contributed by atoms with van der Waals surface area (Å²) in [5.41, 5.74) is 15.0. The molecule has 0 bridgehead atoms. The van der Waals surface area contributed by atoms with E-state index in [1.54, 1.807) is 30.3 Å². The molecule has 255 valence electrons. The molecular formula is C40H31N3NaO6S2. The molecule has 12 heteroatoms. The molecule has 0 aromatic heterocycles. The Bertz CT molecular complexity index is 2720. The maximum absolute atomic E-state index is 11.5. The van der Waals surface area contributed by atoms with E-state index >= 15 is 0 Å². The maximum Gasteiger partial charge on any atom is 0.294 e. The number of nitrogens with zero attached hydrogens (tertiary/aromatic N) is 1. The first-order valence-electron chi connectivity index (χ1n) is 15.8. The van der Waals surface area contributed by atoms with Crippen molar-refractivity contribution >= 4 is 105 Å². The molecule has 1 radical (unpaired) electrons. The summed E-state index contributed by atoms with van der Waals surface area (Å²) in [7, 11) is -8.58. The topological polar surface area (TPSA) is 159 Å². The molecule has 6 aromatic rings. The second kappa shape index (κ2) is 14.6. The monoisotopic (exact) mass is 736 g/mol. The number of hydrogen-bond donors (Lipinski definition) is 4. The van der Waals surface area contributed by atoms with Crippen LogP contribution in [-0.2, 0) is 20.2 Å². The van der Waals surface area contributed by atoms with Crippen LogP contribution in [-0.4, -0.2) is 61.2 Å². The summed E-state index contributed by atoms with van der Waals surface area (Å²) >= 11 is 0. The van der Waals surface area contributed by atoms with E-state index < -0.39 is 20.2 Å². The normalized spacial score (nSPS) is 12.9. The standard InChI is InChI=1S/C40H31N3O6S2.Na/c1-25-20-32(10-19-39(25)41)40(26-2-11-33(12-3-26)42-35-15-6-30-23-37(50(44,45)46)17-8-28(30)21-35)27-4-13-34(14-5-27)43-36-16-7-31-24-38(51(47,48)49)18-9-29(31)22-36;/h2-24,42H,41H2,1H3,(H,44,45,46)(H,47,48,49);. The largest absolute Gasteiger partial charge is 0.399 e.